The maximum atomic E-state index is 12.5. The molecule has 0 radical (unpaired) electrons. The van der Waals surface area contributed by atoms with Gasteiger partial charge in [0, 0.05) is 24.2 Å². The van der Waals surface area contributed by atoms with E-state index >= 15 is 0 Å². The number of rotatable bonds is 15. The van der Waals surface area contributed by atoms with Crippen LogP contribution < -0.4 is 0 Å². The van der Waals surface area contributed by atoms with Gasteiger partial charge in [-0.05, 0) is 67.2 Å². The van der Waals surface area contributed by atoms with Crippen LogP contribution >= 0.6 is 0 Å². The Kier molecular flexibility index (Phi) is 10.7. The van der Waals surface area contributed by atoms with Crippen molar-refractivity contribution in [3.05, 3.63) is 84.5 Å². The van der Waals surface area contributed by atoms with Crippen molar-refractivity contribution in [1.29, 1.82) is 0 Å². The largest absolute Gasteiger partial charge is 0.469 e. The normalized spacial score (nSPS) is 24.1. The molecule has 4 nitrogen and oxygen atoms in total. The van der Waals surface area contributed by atoms with Crippen LogP contribution in [0, 0.1) is 17.3 Å². The van der Waals surface area contributed by atoms with E-state index in [1.165, 1.54) is 23.8 Å². The third kappa shape index (κ3) is 7.79. The minimum Gasteiger partial charge on any atom is -0.469 e. The Morgan fingerprint density at radius 2 is 1.74 bits per heavy atom. The molecule has 1 aliphatic heterocycles. The molecule has 4 heteroatoms. The topological polar surface area (TPSA) is 52.6 Å². The van der Waals surface area contributed by atoms with Crippen molar-refractivity contribution in [3.8, 4) is 11.1 Å². The number of carbonyl (C=O) groups excluding carboxylic acids is 2. The molecule has 208 valence electrons. The van der Waals surface area contributed by atoms with E-state index in [2.05, 4.69) is 73.7 Å². The molecule has 0 N–H and O–H groups in total. The van der Waals surface area contributed by atoms with Crippen LogP contribution in [0.15, 0.2) is 78.9 Å². The number of hydrogen-bond acceptors (Lipinski definition) is 4. The van der Waals surface area contributed by atoms with Gasteiger partial charge in [-0.2, -0.15) is 0 Å². The van der Waals surface area contributed by atoms with E-state index in [9.17, 15) is 9.59 Å². The van der Waals surface area contributed by atoms with Gasteiger partial charge in [0.2, 0.25) is 0 Å². The Morgan fingerprint density at radius 1 is 0.974 bits per heavy atom. The fourth-order valence-corrected chi connectivity index (χ4v) is 6.41. The van der Waals surface area contributed by atoms with Crippen LogP contribution in [0.1, 0.15) is 70.3 Å². The van der Waals surface area contributed by atoms with Crippen molar-refractivity contribution >= 4 is 11.8 Å². The predicted octanol–water partition coefficient (Wildman–Crippen LogP) is 7.91. The van der Waals surface area contributed by atoms with Gasteiger partial charge in [0.05, 0.1) is 19.8 Å². The Hall–Kier alpha value is -2.98. The molecule has 2 bridgehead atoms. The van der Waals surface area contributed by atoms with Crippen LogP contribution in [0.2, 0.25) is 0 Å². The van der Waals surface area contributed by atoms with Crippen LogP contribution in [-0.2, 0) is 25.5 Å². The second-order valence-electron chi connectivity index (χ2n) is 11.3. The van der Waals surface area contributed by atoms with E-state index in [1.54, 1.807) is 0 Å². The van der Waals surface area contributed by atoms with Gasteiger partial charge in [-0.15, -0.1) is 0 Å². The van der Waals surface area contributed by atoms with Crippen LogP contribution in [0.5, 0.6) is 0 Å². The molecule has 0 spiro atoms. The number of allylic oxidation sites excluding steroid dienone is 3. The number of ether oxygens (including phenoxy) is 2. The lowest BCUT2D eigenvalue weighted by molar-refractivity contribution is -0.140. The summed E-state index contributed by atoms with van der Waals surface area (Å²) in [4.78, 5) is 24.0. The maximum Gasteiger partial charge on any atom is 0.305 e. The van der Waals surface area contributed by atoms with Crippen LogP contribution in [-0.4, -0.2) is 31.6 Å². The highest BCUT2D eigenvalue weighted by Crippen LogP contribution is 2.57. The van der Waals surface area contributed by atoms with Gasteiger partial charge in [0.15, 0.2) is 5.78 Å². The third-order valence-electron chi connectivity index (χ3n) is 8.56. The van der Waals surface area contributed by atoms with E-state index in [4.69, 9.17) is 9.47 Å². The summed E-state index contributed by atoms with van der Waals surface area (Å²) < 4.78 is 11.1. The van der Waals surface area contributed by atoms with E-state index in [0.717, 1.165) is 58.0 Å². The average molecular weight is 529 g/mol. The number of ketones is 1. The lowest BCUT2D eigenvalue weighted by Crippen LogP contribution is -2.37. The minimum absolute atomic E-state index is 0.0650. The van der Waals surface area contributed by atoms with Gasteiger partial charge in [0.1, 0.15) is 0 Å². The van der Waals surface area contributed by atoms with Crippen LogP contribution in [0.25, 0.3) is 11.1 Å². The first-order valence-corrected chi connectivity index (χ1v) is 14.7. The molecule has 0 aromatic heterocycles. The molecule has 1 aliphatic carbocycles. The van der Waals surface area contributed by atoms with Crippen molar-refractivity contribution in [3.63, 3.8) is 0 Å². The fraction of sp³-hybridized carbons (Fsp3) is 0.486. The smallest absolute Gasteiger partial charge is 0.305 e. The van der Waals surface area contributed by atoms with E-state index < -0.39 is 0 Å². The molecule has 2 fully saturated rings. The number of fused-ring (bicyclic) bond motifs is 2. The SMILES string of the molecule is CCCCCC(=O)C=C[C@@H]1[C@@H](CC=CCCCC(=O)OC)[C@@]2(Cc3ccc(-c4ccccc4)cc3)CO[C@@H]1C2. The number of carbonyl (C=O) groups is 2. The molecule has 4 rings (SSSR count). The average Bonchev–Trinajstić information content (AvgIpc) is 3.50. The van der Waals surface area contributed by atoms with Crippen molar-refractivity contribution in [2.75, 3.05) is 13.7 Å². The highest BCUT2D eigenvalue weighted by molar-refractivity contribution is 5.89. The Morgan fingerprint density at radius 3 is 2.49 bits per heavy atom. The van der Waals surface area contributed by atoms with Crippen molar-refractivity contribution in [2.24, 2.45) is 17.3 Å². The number of methoxy groups -OCH3 is 1. The summed E-state index contributed by atoms with van der Waals surface area (Å²) in [7, 11) is 1.44. The van der Waals surface area contributed by atoms with E-state index in [-0.39, 0.29) is 29.2 Å². The lowest BCUT2D eigenvalue weighted by Gasteiger charge is -2.38. The highest BCUT2D eigenvalue weighted by Gasteiger charge is 2.57. The number of benzene rings is 2. The summed E-state index contributed by atoms with van der Waals surface area (Å²) >= 11 is 0. The maximum absolute atomic E-state index is 12.5. The second-order valence-corrected chi connectivity index (χ2v) is 11.3. The van der Waals surface area contributed by atoms with Crippen molar-refractivity contribution in [1.82, 2.24) is 0 Å². The van der Waals surface area contributed by atoms with Crippen molar-refractivity contribution in [2.45, 2.75) is 77.2 Å². The highest BCUT2D eigenvalue weighted by atomic mass is 16.5. The fourth-order valence-electron chi connectivity index (χ4n) is 6.41. The number of unbranched alkanes of at least 4 members (excludes halogenated alkanes) is 3. The predicted molar refractivity (Wildman–Crippen MR) is 157 cm³/mol. The molecule has 0 unspecified atom stereocenters. The van der Waals surface area contributed by atoms with Crippen LogP contribution in [0.3, 0.4) is 0 Å². The van der Waals surface area contributed by atoms with Gasteiger partial charge in [-0.25, -0.2) is 0 Å². The molecule has 1 saturated carbocycles. The number of esters is 1. The lowest BCUT2D eigenvalue weighted by atomic mass is 9.70. The third-order valence-corrected chi connectivity index (χ3v) is 8.56. The molecule has 2 aromatic rings. The molecule has 1 saturated heterocycles. The molecular weight excluding hydrogens is 484 g/mol. The Labute approximate surface area is 234 Å². The summed E-state index contributed by atoms with van der Waals surface area (Å²) in [6.07, 6.45) is 17.6. The van der Waals surface area contributed by atoms with Gasteiger partial charge in [0.25, 0.3) is 0 Å². The van der Waals surface area contributed by atoms with Gasteiger partial charge >= 0.3 is 5.97 Å². The van der Waals surface area contributed by atoms with Gasteiger partial charge in [-0.3, -0.25) is 9.59 Å². The van der Waals surface area contributed by atoms with Crippen molar-refractivity contribution < 1.29 is 19.1 Å². The summed E-state index contributed by atoms with van der Waals surface area (Å²) in [6.45, 7) is 2.93. The monoisotopic (exact) mass is 528 g/mol. The molecular formula is C35H44O4. The van der Waals surface area contributed by atoms with Gasteiger partial charge < -0.3 is 9.47 Å². The quantitative estimate of drug-likeness (QED) is 0.102. The molecule has 1 heterocycles. The summed E-state index contributed by atoms with van der Waals surface area (Å²) in [6, 6.07) is 19.5. The molecule has 4 atom stereocenters. The zero-order chi connectivity index (χ0) is 27.5. The molecule has 39 heavy (non-hydrogen) atoms. The molecule has 2 aliphatic rings. The second kappa shape index (κ2) is 14.4. The van der Waals surface area contributed by atoms with E-state index in [1.807, 2.05) is 12.1 Å². The number of hydrogen-bond donors (Lipinski definition) is 0. The summed E-state index contributed by atoms with van der Waals surface area (Å²) in [5, 5.41) is 0. The summed E-state index contributed by atoms with van der Waals surface area (Å²) in [5.41, 5.74) is 3.87. The molecule has 2 aromatic carbocycles. The first kappa shape index (κ1) is 29.0. The van der Waals surface area contributed by atoms with Crippen LogP contribution in [0.4, 0.5) is 0 Å². The Balaban J connectivity index is 1.46. The standard InChI is InChI=1S/C35H44O4/c1-3-4-8-15-30(36)22-23-31-32(16-11-5-6-12-17-34(37)38-2)35(25-33(31)39-26-35)24-27-18-20-29(21-19-27)28-13-9-7-10-14-28/h5,7,9-11,13-14,18-23,31-33H,3-4,6,8,12,15-17,24-26H2,1-2H3/t31-,32-,33-,35-/m1/s1. The zero-order valence-corrected chi connectivity index (χ0v) is 23.6. The Bertz CT molecular complexity index is 1120. The first-order valence-electron chi connectivity index (χ1n) is 14.7. The molecule has 0 amide bonds. The first-order chi connectivity index (χ1) is 19.0. The minimum atomic E-state index is -0.153. The zero-order valence-electron chi connectivity index (χ0n) is 23.6. The van der Waals surface area contributed by atoms with Gasteiger partial charge in [-0.1, -0.05) is 92.6 Å². The van der Waals surface area contributed by atoms with E-state index in [0.29, 0.717) is 18.8 Å². The summed E-state index contributed by atoms with van der Waals surface area (Å²) in [5.74, 6) is 0.743.